The summed E-state index contributed by atoms with van der Waals surface area (Å²) in [5, 5.41) is 13.0. The summed E-state index contributed by atoms with van der Waals surface area (Å²) in [6.45, 7) is 1.44. The number of nitro groups is 1. The summed E-state index contributed by atoms with van der Waals surface area (Å²) < 4.78 is 4.89. The second-order valence-corrected chi connectivity index (χ2v) is 4.39. The molecule has 0 unspecified atom stereocenters. The zero-order valence-corrected chi connectivity index (χ0v) is 11.6. The number of benzene rings is 1. The van der Waals surface area contributed by atoms with Gasteiger partial charge in [0, 0.05) is 17.3 Å². The Hall–Kier alpha value is -3.22. The molecule has 0 radical (unpaired) electrons. The normalized spacial score (nSPS) is 10.6. The monoisotopic (exact) mass is 300 g/mol. The van der Waals surface area contributed by atoms with Crippen molar-refractivity contribution in [3.05, 3.63) is 63.9 Å². The smallest absolute Gasteiger partial charge is 0.401 e. The third kappa shape index (κ3) is 3.89. The molecule has 1 aromatic carbocycles. The molecule has 1 aromatic heterocycles. The van der Waals surface area contributed by atoms with Crippen molar-refractivity contribution < 1.29 is 18.9 Å². The Morgan fingerprint density at radius 1 is 1.27 bits per heavy atom. The van der Waals surface area contributed by atoms with E-state index in [2.05, 4.69) is 5.32 Å². The van der Waals surface area contributed by atoms with E-state index in [1.807, 2.05) is 0 Å². The molecule has 0 atom stereocenters. The van der Waals surface area contributed by atoms with Crippen LogP contribution in [-0.4, -0.2) is 16.6 Å². The van der Waals surface area contributed by atoms with E-state index < -0.39 is 16.7 Å². The topological polar surface area (TPSA) is 102 Å². The van der Waals surface area contributed by atoms with Crippen molar-refractivity contribution in [3.8, 4) is 0 Å². The molecule has 22 heavy (non-hydrogen) atoms. The zero-order chi connectivity index (χ0) is 16.1. The van der Waals surface area contributed by atoms with Crippen LogP contribution in [0.4, 0.5) is 11.6 Å². The molecule has 0 aliphatic carbocycles. The van der Waals surface area contributed by atoms with E-state index in [4.69, 9.17) is 4.42 Å². The van der Waals surface area contributed by atoms with Crippen molar-refractivity contribution in [2.45, 2.75) is 6.92 Å². The largest absolute Gasteiger partial charge is 0.433 e. The number of hydrogen-bond acceptors (Lipinski definition) is 5. The first kappa shape index (κ1) is 15.2. The van der Waals surface area contributed by atoms with Crippen LogP contribution in [0.2, 0.25) is 0 Å². The highest BCUT2D eigenvalue weighted by Crippen LogP contribution is 2.17. The standard InChI is InChI=1S/C15H12N2O5/c1-10(18)11-3-2-4-12(9-11)16-14(19)7-5-13-6-8-15(22-13)17(20)21/h2-9H,1H3,(H,16,19)/b7-5+. The predicted octanol–water partition coefficient (Wildman–Crippen LogP) is 3.04. The van der Waals surface area contributed by atoms with Gasteiger partial charge in [-0.2, -0.15) is 0 Å². The first-order valence-electron chi connectivity index (χ1n) is 6.30. The number of ketones is 1. The molecule has 2 rings (SSSR count). The molecule has 0 saturated heterocycles. The van der Waals surface area contributed by atoms with Gasteiger partial charge in [0.15, 0.2) is 5.78 Å². The van der Waals surface area contributed by atoms with Crippen LogP contribution in [-0.2, 0) is 4.79 Å². The van der Waals surface area contributed by atoms with Crippen molar-refractivity contribution in [2.24, 2.45) is 0 Å². The number of anilines is 1. The summed E-state index contributed by atoms with van der Waals surface area (Å²) in [4.78, 5) is 32.8. The van der Waals surface area contributed by atoms with Crippen LogP contribution in [0.5, 0.6) is 0 Å². The minimum absolute atomic E-state index is 0.102. The Morgan fingerprint density at radius 3 is 2.68 bits per heavy atom. The van der Waals surface area contributed by atoms with Crippen LogP contribution in [0, 0.1) is 10.1 Å². The number of carbonyl (C=O) groups excluding carboxylic acids is 2. The Labute approximate surface area is 125 Å². The fraction of sp³-hybridized carbons (Fsp3) is 0.0667. The third-order valence-electron chi connectivity index (χ3n) is 2.73. The van der Waals surface area contributed by atoms with E-state index in [0.29, 0.717) is 11.3 Å². The van der Waals surface area contributed by atoms with Gasteiger partial charge in [-0.1, -0.05) is 12.1 Å². The second kappa shape index (κ2) is 6.49. The molecular formula is C15H12N2O5. The van der Waals surface area contributed by atoms with E-state index in [-0.39, 0.29) is 11.5 Å². The Balaban J connectivity index is 2.03. The van der Waals surface area contributed by atoms with Gasteiger partial charge in [0.25, 0.3) is 0 Å². The highest BCUT2D eigenvalue weighted by molar-refractivity contribution is 6.03. The van der Waals surface area contributed by atoms with Crippen LogP contribution in [0.3, 0.4) is 0 Å². The molecule has 7 heteroatoms. The van der Waals surface area contributed by atoms with Crippen molar-refractivity contribution >= 4 is 29.3 Å². The van der Waals surface area contributed by atoms with Crippen molar-refractivity contribution in [1.82, 2.24) is 0 Å². The Kier molecular flexibility index (Phi) is 4.47. The SMILES string of the molecule is CC(=O)c1cccc(NC(=O)/C=C/c2ccc([N+](=O)[O-])o2)c1. The van der Waals surface area contributed by atoms with E-state index >= 15 is 0 Å². The molecule has 1 heterocycles. The van der Waals surface area contributed by atoms with E-state index in [9.17, 15) is 19.7 Å². The van der Waals surface area contributed by atoms with Gasteiger partial charge in [-0.25, -0.2) is 0 Å². The molecule has 112 valence electrons. The molecule has 0 bridgehead atoms. The highest BCUT2D eigenvalue weighted by Gasteiger charge is 2.10. The first-order valence-corrected chi connectivity index (χ1v) is 6.30. The molecule has 1 N–H and O–H groups in total. The van der Waals surface area contributed by atoms with Crippen molar-refractivity contribution in [3.63, 3.8) is 0 Å². The summed E-state index contributed by atoms with van der Waals surface area (Å²) in [6, 6.07) is 9.11. The maximum absolute atomic E-state index is 11.7. The lowest BCUT2D eigenvalue weighted by atomic mass is 10.1. The average molecular weight is 300 g/mol. The zero-order valence-electron chi connectivity index (χ0n) is 11.6. The molecule has 0 spiro atoms. The fourth-order valence-corrected chi connectivity index (χ4v) is 1.69. The number of hydrogen-bond donors (Lipinski definition) is 1. The van der Waals surface area contributed by atoms with Gasteiger partial charge in [-0.05, 0) is 31.2 Å². The van der Waals surface area contributed by atoms with Gasteiger partial charge in [-0.15, -0.1) is 0 Å². The van der Waals surface area contributed by atoms with Crippen LogP contribution in [0.25, 0.3) is 6.08 Å². The predicted molar refractivity (Wildman–Crippen MR) is 79.5 cm³/mol. The lowest BCUT2D eigenvalue weighted by Gasteiger charge is -2.03. The summed E-state index contributed by atoms with van der Waals surface area (Å²) >= 11 is 0. The first-order chi connectivity index (χ1) is 10.5. The maximum atomic E-state index is 11.7. The molecular weight excluding hydrogens is 288 g/mol. The summed E-state index contributed by atoms with van der Waals surface area (Å²) in [5.74, 6) is -0.747. The molecule has 2 aromatic rings. The molecule has 7 nitrogen and oxygen atoms in total. The third-order valence-corrected chi connectivity index (χ3v) is 2.73. The van der Waals surface area contributed by atoms with Gasteiger partial charge >= 0.3 is 5.88 Å². The number of Topliss-reactive ketones (excluding diaryl/α,β-unsaturated/α-hetero) is 1. The summed E-state index contributed by atoms with van der Waals surface area (Å²) in [6.07, 6.45) is 2.50. The minimum Gasteiger partial charge on any atom is -0.401 e. The average Bonchev–Trinajstić information content (AvgIpc) is 2.94. The number of nitrogens with one attached hydrogen (secondary N) is 1. The van der Waals surface area contributed by atoms with Crippen molar-refractivity contribution in [2.75, 3.05) is 5.32 Å². The van der Waals surface area contributed by atoms with E-state index in [1.165, 1.54) is 31.2 Å². The van der Waals surface area contributed by atoms with Crippen LogP contribution < -0.4 is 5.32 Å². The van der Waals surface area contributed by atoms with Gasteiger partial charge in [0.1, 0.15) is 10.7 Å². The van der Waals surface area contributed by atoms with Crippen molar-refractivity contribution in [1.29, 1.82) is 0 Å². The lowest BCUT2D eigenvalue weighted by Crippen LogP contribution is -2.08. The molecule has 1 amide bonds. The lowest BCUT2D eigenvalue weighted by molar-refractivity contribution is -0.402. The molecule has 0 fully saturated rings. The molecule has 0 saturated carbocycles. The van der Waals surface area contributed by atoms with Crippen LogP contribution >= 0.6 is 0 Å². The van der Waals surface area contributed by atoms with Crippen LogP contribution in [0.15, 0.2) is 46.9 Å². The van der Waals surface area contributed by atoms with Crippen LogP contribution in [0.1, 0.15) is 23.0 Å². The van der Waals surface area contributed by atoms with E-state index in [1.54, 1.807) is 24.3 Å². The number of amides is 1. The second-order valence-electron chi connectivity index (χ2n) is 4.39. The maximum Gasteiger partial charge on any atom is 0.433 e. The highest BCUT2D eigenvalue weighted by atomic mass is 16.6. The summed E-state index contributed by atoms with van der Waals surface area (Å²) in [7, 11) is 0. The fourth-order valence-electron chi connectivity index (χ4n) is 1.69. The van der Waals surface area contributed by atoms with Gasteiger partial charge in [-0.3, -0.25) is 19.7 Å². The quantitative estimate of drug-likeness (QED) is 0.395. The van der Waals surface area contributed by atoms with Gasteiger partial charge in [0.2, 0.25) is 5.91 Å². The number of furan rings is 1. The van der Waals surface area contributed by atoms with Gasteiger partial charge < -0.3 is 9.73 Å². The Morgan fingerprint density at radius 2 is 2.05 bits per heavy atom. The van der Waals surface area contributed by atoms with Gasteiger partial charge in [0.05, 0.1) is 6.07 Å². The number of rotatable bonds is 5. The summed E-state index contributed by atoms with van der Waals surface area (Å²) in [5.41, 5.74) is 0.969. The molecule has 0 aliphatic heterocycles. The number of nitrogens with zero attached hydrogens (tertiary/aromatic N) is 1. The minimum atomic E-state index is -0.662. The Bertz CT molecular complexity index is 761. The van der Waals surface area contributed by atoms with E-state index in [0.717, 1.165) is 0 Å². The number of carbonyl (C=O) groups is 2. The molecule has 0 aliphatic rings.